The van der Waals surface area contributed by atoms with Crippen molar-refractivity contribution >= 4 is 45.6 Å². The highest BCUT2D eigenvalue weighted by molar-refractivity contribution is 7.11. The van der Waals surface area contributed by atoms with E-state index in [0.717, 1.165) is 38.9 Å². The number of ether oxygens (including phenoxy) is 1. The fourth-order valence-corrected chi connectivity index (χ4v) is 5.76. The van der Waals surface area contributed by atoms with Crippen LogP contribution in [0.25, 0.3) is 33.3 Å². The van der Waals surface area contributed by atoms with E-state index in [9.17, 15) is 14.4 Å². The minimum atomic E-state index is -0.555. The summed E-state index contributed by atoms with van der Waals surface area (Å²) in [4.78, 5) is 45.3. The van der Waals surface area contributed by atoms with Crippen molar-refractivity contribution in [3.8, 4) is 28.1 Å². The summed E-state index contributed by atoms with van der Waals surface area (Å²) in [6, 6.07) is 28.1. The highest BCUT2D eigenvalue weighted by Crippen LogP contribution is 2.38. The van der Waals surface area contributed by atoms with Crippen LogP contribution < -0.4 is 21.1 Å². The topological polar surface area (TPSA) is 139 Å². The summed E-state index contributed by atoms with van der Waals surface area (Å²) in [7, 11) is 0. The number of carbonyl (C=O) groups excluding carboxylic acids is 3. The normalized spacial score (nSPS) is 10.9. The van der Waals surface area contributed by atoms with Crippen LogP contribution in [0, 0.1) is 6.92 Å². The lowest BCUT2D eigenvalue weighted by atomic mass is 9.94. The third-order valence-electron chi connectivity index (χ3n) is 7.45. The number of thiazole rings is 1. The van der Waals surface area contributed by atoms with Crippen LogP contribution in [0.15, 0.2) is 103 Å². The van der Waals surface area contributed by atoms with Gasteiger partial charge in [-0.05, 0) is 59.5 Å². The Kier molecular flexibility index (Phi) is 8.39. The van der Waals surface area contributed by atoms with Crippen molar-refractivity contribution < 1.29 is 19.1 Å². The molecule has 0 spiro atoms. The number of hydrogen-bond donors (Lipinski definition) is 4. The molecule has 5 N–H and O–H groups in total. The standard InChI is InChI=1S/C35H29N5O4S/c1-21-24(12-7-13-29(21)40-34(43)35-37-16-17-45-35)26-14-15-27(33(36)42)32-28(26)18-30(39-32)25-11-6-5-8-22(25)19-38-31(41)20-44-23-9-3-2-4-10-23/h2-18,39H,19-20H2,1H3,(H2,36,42)(H,38,41)(H,40,43). The predicted octanol–water partition coefficient (Wildman–Crippen LogP) is 6.31. The molecular formula is C35H29N5O4S. The molecule has 224 valence electrons. The lowest BCUT2D eigenvalue weighted by Gasteiger charge is -2.14. The van der Waals surface area contributed by atoms with Gasteiger partial charge in [0.1, 0.15) is 5.75 Å². The Labute approximate surface area is 263 Å². The first kappa shape index (κ1) is 29.3. The highest BCUT2D eigenvalue weighted by atomic mass is 32.1. The van der Waals surface area contributed by atoms with E-state index in [0.29, 0.717) is 27.5 Å². The number of aromatic amines is 1. The fraction of sp³-hybridized carbons (Fsp3) is 0.0857. The van der Waals surface area contributed by atoms with Crippen molar-refractivity contribution in [2.24, 2.45) is 5.73 Å². The van der Waals surface area contributed by atoms with Gasteiger partial charge in [-0.3, -0.25) is 14.4 Å². The van der Waals surface area contributed by atoms with Gasteiger partial charge in [0.25, 0.3) is 17.7 Å². The molecule has 9 nitrogen and oxygen atoms in total. The van der Waals surface area contributed by atoms with Gasteiger partial charge in [-0.15, -0.1) is 11.3 Å². The maximum atomic E-state index is 12.7. The zero-order valence-corrected chi connectivity index (χ0v) is 25.1. The van der Waals surface area contributed by atoms with E-state index in [1.165, 1.54) is 11.3 Å². The molecule has 0 saturated carbocycles. The van der Waals surface area contributed by atoms with Crippen LogP contribution in [-0.4, -0.2) is 34.3 Å². The first-order chi connectivity index (χ1) is 21.9. The van der Waals surface area contributed by atoms with Crippen LogP contribution in [-0.2, 0) is 11.3 Å². The summed E-state index contributed by atoms with van der Waals surface area (Å²) in [5.41, 5.74) is 12.5. The van der Waals surface area contributed by atoms with E-state index in [1.807, 2.05) is 79.7 Å². The van der Waals surface area contributed by atoms with Crippen LogP contribution in [0.3, 0.4) is 0 Å². The number of primary amides is 1. The van der Waals surface area contributed by atoms with Gasteiger partial charge >= 0.3 is 0 Å². The number of fused-ring (bicyclic) bond motifs is 1. The Morgan fingerprint density at radius 2 is 1.69 bits per heavy atom. The predicted molar refractivity (Wildman–Crippen MR) is 176 cm³/mol. The minimum absolute atomic E-state index is 0.105. The third kappa shape index (κ3) is 6.31. The Hall–Kier alpha value is -5.74. The quantitative estimate of drug-likeness (QED) is 0.143. The molecule has 2 heterocycles. The van der Waals surface area contributed by atoms with Crippen molar-refractivity contribution in [3.63, 3.8) is 0 Å². The van der Waals surface area contributed by atoms with E-state index in [1.54, 1.807) is 29.8 Å². The molecule has 0 unspecified atom stereocenters. The molecule has 0 saturated heterocycles. The number of anilines is 1. The summed E-state index contributed by atoms with van der Waals surface area (Å²) in [5.74, 6) is -0.463. The first-order valence-corrected chi connectivity index (χ1v) is 15.1. The van der Waals surface area contributed by atoms with E-state index >= 15 is 0 Å². The Bertz CT molecular complexity index is 2020. The number of hydrogen-bond acceptors (Lipinski definition) is 6. The molecule has 0 aliphatic carbocycles. The number of H-pyrrole nitrogens is 1. The zero-order chi connectivity index (χ0) is 31.3. The van der Waals surface area contributed by atoms with Gasteiger partial charge in [0.15, 0.2) is 11.6 Å². The maximum Gasteiger partial charge on any atom is 0.284 e. The van der Waals surface area contributed by atoms with Gasteiger partial charge in [0, 0.05) is 40.5 Å². The van der Waals surface area contributed by atoms with E-state index in [-0.39, 0.29) is 25.0 Å². The van der Waals surface area contributed by atoms with E-state index in [4.69, 9.17) is 10.5 Å². The summed E-state index contributed by atoms with van der Waals surface area (Å²) in [6.45, 7) is 2.11. The molecular weight excluding hydrogens is 586 g/mol. The Morgan fingerprint density at radius 1 is 0.911 bits per heavy atom. The number of benzene rings is 4. The molecule has 0 fully saturated rings. The summed E-state index contributed by atoms with van der Waals surface area (Å²) < 4.78 is 5.57. The smallest absolute Gasteiger partial charge is 0.284 e. The van der Waals surface area contributed by atoms with Crippen molar-refractivity contribution in [2.75, 3.05) is 11.9 Å². The fourth-order valence-electron chi connectivity index (χ4n) is 5.23. The number of para-hydroxylation sites is 1. The second-order valence-electron chi connectivity index (χ2n) is 10.3. The SMILES string of the molecule is Cc1c(NC(=O)c2nccs2)cccc1-c1ccc(C(N)=O)c2[nH]c(-c3ccccc3CNC(=O)COc3ccccc3)cc12. The van der Waals surface area contributed by atoms with Crippen molar-refractivity contribution in [3.05, 3.63) is 124 Å². The molecule has 2 aromatic heterocycles. The van der Waals surface area contributed by atoms with Gasteiger partial charge in [-0.25, -0.2) is 4.98 Å². The highest BCUT2D eigenvalue weighted by Gasteiger charge is 2.19. The molecule has 45 heavy (non-hydrogen) atoms. The number of nitrogens with zero attached hydrogens (tertiary/aromatic N) is 1. The first-order valence-electron chi connectivity index (χ1n) is 14.2. The van der Waals surface area contributed by atoms with Gasteiger partial charge < -0.3 is 26.1 Å². The summed E-state index contributed by atoms with van der Waals surface area (Å²) >= 11 is 1.27. The number of nitrogens with one attached hydrogen (secondary N) is 3. The van der Waals surface area contributed by atoms with Crippen LogP contribution in [0.4, 0.5) is 5.69 Å². The number of carbonyl (C=O) groups is 3. The van der Waals surface area contributed by atoms with Crippen LogP contribution >= 0.6 is 11.3 Å². The maximum absolute atomic E-state index is 12.7. The summed E-state index contributed by atoms with van der Waals surface area (Å²) in [6.07, 6.45) is 1.59. The number of amides is 3. The monoisotopic (exact) mass is 615 g/mol. The third-order valence-corrected chi connectivity index (χ3v) is 8.23. The van der Waals surface area contributed by atoms with Crippen LogP contribution in [0.1, 0.15) is 31.3 Å². The molecule has 6 rings (SSSR count). The van der Waals surface area contributed by atoms with E-state index < -0.39 is 5.91 Å². The lowest BCUT2D eigenvalue weighted by molar-refractivity contribution is -0.123. The molecule has 0 aliphatic heterocycles. The molecule has 0 aliphatic rings. The molecule has 10 heteroatoms. The molecule has 0 radical (unpaired) electrons. The molecule has 0 bridgehead atoms. The minimum Gasteiger partial charge on any atom is -0.484 e. The number of nitrogens with two attached hydrogens (primary N) is 1. The van der Waals surface area contributed by atoms with E-state index in [2.05, 4.69) is 20.6 Å². The van der Waals surface area contributed by atoms with Gasteiger partial charge in [0.05, 0.1) is 11.1 Å². The average Bonchev–Trinajstić information content (AvgIpc) is 3.75. The lowest BCUT2D eigenvalue weighted by Crippen LogP contribution is -2.28. The van der Waals surface area contributed by atoms with Crippen LogP contribution in [0.5, 0.6) is 5.75 Å². The van der Waals surface area contributed by atoms with Gasteiger partial charge in [0.2, 0.25) is 0 Å². The summed E-state index contributed by atoms with van der Waals surface area (Å²) in [5, 5.41) is 8.82. The second kappa shape index (κ2) is 12.9. The largest absolute Gasteiger partial charge is 0.484 e. The Morgan fingerprint density at radius 3 is 2.47 bits per heavy atom. The molecule has 4 aromatic carbocycles. The zero-order valence-electron chi connectivity index (χ0n) is 24.3. The van der Waals surface area contributed by atoms with Gasteiger partial charge in [-0.2, -0.15) is 0 Å². The van der Waals surface area contributed by atoms with Crippen molar-refractivity contribution in [2.45, 2.75) is 13.5 Å². The molecule has 6 aromatic rings. The van der Waals surface area contributed by atoms with Crippen molar-refractivity contribution in [1.82, 2.24) is 15.3 Å². The molecule has 0 atom stereocenters. The second-order valence-corrected chi connectivity index (χ2v) is 11.2. The Balaban J connectivity index is 1.32. The molecule has 3 amide bonds. The number of aromatic nitrogens is 2. The van der Waals surface area contributed by atoms with Crippen LogP contribution in [0.2, 0.25) is 0 Å². The average molecular weight is 616 g/mol. The van der Waals surface area contributed by atoms with Crippen molar-refractivity contribution in [1.29, 1.82) is 0 Å². The number of rotatable bonds is 10. The van der Waals surface area contributed by atoms with Gasteiger partial charge in [-0.1, -0.05) is 60.7 Å².